The van der Waals surface area contributed by atoms with E-state index in [-0.39, 0.29) is 5.91 Å². The van der Waals surface area contributed by atoms with E-state index >= 15 is 0 Å². The van der Waals surface area contributed by atoms with Crippen LogP contribution in [0.25, 0.3) is 0 Å². The Morgan fingerprint density at radius 3 is 2.65 bits per heavy atom. The summed E-state index contributed by atoms with van der Waals surface area (Å²) in [6.07, 6.45) is 3.71. The van der Waals surface area contributed by atoms with E-state index < -0.39 is 0 Å². The van der Waals surface area contributed by atoms with Crippen LogP contribution in [0.15, 0.2) is 29.3 Å². The standard InChI is InChI=1S/C15H18N4O/c20-14-12-6-2-3-7-13(12)19(15-16-8-11-18(14)15)17-9-4-1-5-10-17/h2-3,6-7H,1,4-5,8-11H2. The maximum absolute atomic E-state index is 12.5. The molecule has 1 aromatic carbocycles. The maximum Gasteiger partial charge on any atom is 0.262 e. The van der Waals surface area contributed by atoms with E-state index in [4.69, 9.17) is 0 Å². The lowest BCUT2D eigenvalue weighted by Crippen LogP contribution is -2.58. The molecule has 1 fully saturated rings. The van der Waals surface area contributed by atoms with Crippen molar-refractivity contribution >= 4 is 17.6 Å². The molecule has 0 N–H and O–H groups in total. The van der Waals surface area contributed by atoms with Gasteiger partial charge in [0.15, 0.2) is 0 Å². The molecule has 104 valence electrons. The molecule has 3 aliphatic rings. The molecule has 4 rings (SSSR count). The van der Waals surface area contributed by atoms with Crippen molar-refractivity contribution in [2.75, 3.05) is 31.2 Å². The number of aliphatic imine (C=N–C) groups is 1. The number of amides is 1. The number of rotatable bonds is 1. The van der Waals surface area contributed by atoms with Crippen LogP contribution in [0, 0.1) is 0 Å². The Kier molecular flexibility index (Phi) is 2.73. The van der Waals surface area contributed by atoms with Crippen molar-refractivity contribution in [3.05, 3.63) is 29.8 Å². The van der Waals surface area contributed by atoms with Crippen LogP contribution in [0.5, 0.6) is 0 Å². The van der Waals surface area contributed by atoms with E-state index in [0.717, 1.165) is 30.3 Å². The van der Waals surface area contributed by atoms with Crippen molar-refractivity contribution in [1.82, 2.24) is 9.91 Å². The van der Waals surface area contributed by atoms with Gasteiger partial charge >= 0.3 is 0 Å². The monoisotopic (exact) mass is 270 g/mol. The molecule has 3 heterocycles. The SMILES string of the molecule is O=C1c2ccccc2N(N2CCCCC2)C2=NCCN12. The van der Waals surface area contributed by atoms with Gasteiger partial charge in [-0.2, -0.15) is 0 Å². The minimum atomic E-state index is 0.0881. The number of piperidine rings is 1. The number of hydrogen-bond acceptors (Lipinski definition) is 4. The van der Waals surface area contributed by atoms with E-state index in [9.17, 15) is 4.79 Å². The molecular weight excluding hydrogens is 252 g/mol. The number of hydrogen-bond donors (Lipinski definition) is 0. The number of anilines is 1. The van der Waals surface area contributed by atoms with E-state index in [2.05, 4.69) is 15.0 Å². The van der Waals surface area contributed by atoms with Gasteiger partial charge in [-0.15, -0.1) is 0 Å². The summed E-state index contributed by atoms with van der Waals surface area (Å²) in [5, 5.41) is 4.51. The summed E-state index contributed by atoms with van der Waals surface area (Å²) >= 11 is 0. The van der Waals surface area contributed by atoms with E-state index in [1.807, 2.05) is 29.2 Å². The number of fused-ring (bicyclic) bond motifs is 2. The molecule has 0 saturated carbocycles. The lowest BCUT2D eigenvalue weighted by molar-refractivity contribution is 0.0840. The number of carbonyl (C=O) groups excluding carboxylic acids is 1. The van der Waals surface area contributed by atoms with Crippen LogP contribution in [-0.2, 0) is 0 Å². The molecule has 3 aliphatic heterocycles. The van der Waals surface area contributed by atoms with Crippen LogP contribution in [-0.4, -0.2) is 48.0 Å². The van der Waals surface area contributed by atoms with Crippen LogP contribution in [0.2, 0.25) is 0 Å². The quantitative estimate of drug-likeness (QED) is 0.780. The molecule has 0 atom stereocenters. The van der Waals surface area contributed by atoms with Gasteiger partial charge in [0, 0.05) is 19.6 Å². The normalized spacial score (nSPS) is 22.6. The molecule has 0 aliphatic carbocycles. The highest BCUT2D eigenvalue weighted by atomic mass is 16.2. The summed E-state index contributed by atoms with van der Waals surface area (Å²) in [4.78, 5) is 18.9. The first-order chi connectivity index (χ1) is 9.86. The average molecular weight is 270 g/mol. The van der Waals surface area contributed by atoms with Crippen molar-refractivity contribution in [3.63, 3.8) is 0 Å². The number of hydrazine groups is 1. The first-order valence-electron chi connectivity index (χ1n) is 7.36. The smallest absolute Gasteiger partial charge is 0.262 e. The fraction of sp³-hybridized carbons (Fsp3) is 0.467. The molecule has 1 amide bonds. The van der Waals surface area contributed by atoms with Crippen LogP contribution in [0.4, 0.5) is 5.69 Å². The Morgan fingerprint density at radius 1 is 1.00 bits per heavy atom. The highest BCUT2D eigenvalue weighted by Gasteiger charge is 2.39. The summed E-state index contributed by atoms with van der Waals surface area (Å²) in [6.45, 7) is 3.48. The van der Waals surface area contributed by atoms with Crippen molar-refractivity contribution in [2.24, 2.45) is 4.99 Å². The first kappa shape index (κ1) is 11.9. The lowest BCUT2D eigenvalue weighted by Gasteiger charge is -2.43. The second kappa shape index (κ2) is 4.59. The number of carbonyl (C=O) groups is 1. The molecule has 0 aromatic heterocycles. The van der Waals surface area contributed by atoms with Crippen molar-refractivity contribution in [1.29, 1.82) is 0 Å². The number of nitrogens with zero attached hydrogens (tertiary/aromatic N) is 4. The van der Waals surface area contributed by atoms with Crippen molar-refractivity contribution in [3.8, 4) is 0 Å². The highest BCUT2D eigenvalue weighted by Crippen LogP contribution is 2.32. The Balaban J connectivity index is 1.82. The van der Waals surface area contributed by atoms with Gasteiger partial charge in [0.2, 0.25) is 5.96 Å². The number of benzene rings is 1. The summed E-state index contributed by atoms with van der Waals surface area (Å²) in [6, 6.07) is 7.88. The molecule has 1 aromatic rings. The van der Waals surface area contributed by atoms with E-state index in [0.29, 0.717) is 13.1 Å². The molecule has 0 unspecified atom stereocenters. The largest absolute Gasteiger partial charge is 0.275 e. The van der Waals surface area contributed by atoms with Gasteiger partial charge in [-0.1, -0.05) is 18.6 Å². The van der Waals surface area contributed by atoms with Crippen LogP contribution in [0.3, 0.4) is 0 Å². The van der Waals surface area contributed by atoms with Crippen LogP contribution < -0.4 is 5.01 Å². The zero-order valence-corrected chi connectivity index (χ0v) is 11.5. The molecule has 20 heavy (non-hydrogen) atoms. The molecular formula is C15H18N4O. The lowest BCUT2D eigenvalue weighted by atomic mass is 10.1. The summed E-state index contributed by atoms with van der Waals surface area (Å²) in [7, 11) is 0. The van der Waals surface area contributed by atoms with Gasteiger partial charge in [0.05, 0.1) is 17.8 Å². The molecule has 0 spiro atoms. The Labute approximate surface area is 118 Å². The minimum absolute atomic E-state index is 0.0881. The topological polar surface area (TPSA) is 39.2 Å². The predicted octanol–water partition coefficient (Wildman–Crippen LogP) is 1.72. The molecule has 5 nitrogen and oxygen atoms in total. The summed E-state index contributed by atoms with van der Waals surface area (Å²) < 4.78 is 0. The van der Waals surface area contributed by atoms with Crippen LogP contribution in [0.1, 0.15) is 29.6 Å². The molecule has 0 radical (unpaired) electrons. The Morgan fingerprint density at radius 2 is 1.80 bits per heavy atom. The minimum Gasteiger partial charge on any atom is -0.275 e. The van der Waals surface area contributed by atoms with Gasteiger partial charge in [-0.3, -0.25) is 9.69 Å². The Hall–Kier alpha value is -1.88. The number of para-hydroxylation sites is 1. The van der Waals surface area contributed by atoms with Gasteiger partial charge in [0.1, 0.15) is 0 Å². The fourth-order valence-electron chi connectivity index (χ4n) is 3.26. The average Bonchev–Trinajstić information content (AvgIpc) is 2.98. The number of guanidine groups is 1. The third-order valence-corrected chi connectivity index (χ3v) is 4.23. The summed E-state index contributed by atoms with van der Waals surface area (Å²) in [5.74, 6) is 0.903. The predicted molar refractivity (Wildman–Crippen MR) is 77.7 cm³/mol. The maximum atomic E-state index is 12.5. The van der Waals surface area contributed by atoms with Crippen molar-refractivity contribution in [2.45, 2.75) is 19.3 Å². The zero-order chi connectivity index (χ0) is 13.5. The summed E-state index contributed by atoms with van der Waals surface area (Å²) in [5.41, 5.74) is 1.77. The second-order valence-electron chi connectivity index (χ2n) is 5.48. The molecule has 1 saturated heterocycles. The first-order valence-corrected chi connectivity index (χ1v) is 7.36. The van der Waals surface area contributed by atoms with E-state index in [1.54, 1.807) is 0 Å². The van der Waals surface area contributed by atoms with Gasteiger partial charge in [0.25, 0.3) is 5.91 Å². The fourth-order valence-corrected chi connectivity index (χ4v) is 3.26. The van der Waals surface area contributed by atoms with Crippen molar-refractivity contribution < 1.29 is 4.79 Å². The molecule has 5 heteroatoms. The molecule has 0 bridgehead atoms. The van der Waals surface area contributed by atoms with Gasteiger partial charge in [-0.05, 0) is 25.0 Å². The zero-order valence-electron chi connectivity index (χ0n) is 11.5. The van der Waals surface area contributed by atoms with Crippen LogP contribution >= 0.6 is 0 Å². The van der Waals surface area contributed by atoms with Gasteiger partial charge in [-0.25, -0.2) is 15.0 Å². The van der Waals surface area contributed by atoms with Gasteiger partial charge < -0.3 is 0 Å². The van der Waals surface area contributed by atoms with E-state index in [1.165, 1.54) is 19.3 Å². The highest BCUT2D eigenvalue weighted by molar-refractivity contribution is 6.18. The Bertz CT molecular complexity index is 577. The third kappa shape index (κ3) is 1.66. The third-order valence-electron chi connectivity index (χ3n) is 4.23. The second-order valence-corrected chi connectivity index (χ2v) is 5.48.